The lowest BCUT2D eigenvalue weighted by Gasteiger charge is -2.31. The van der Waals surface area contributed by atoms with E-state index in [0.717, 1.165) is 5.56 Å². The topological polar surface area (TPSA) is 3.24 Å². The largest absolute Gasteiger partial charge is 0.297 e. The molecule has 0 aliphatic rings. The number of hydrogen-bond donors (Lipinski definition) is 0. The molecule has 0 N–H and O–H groups in total. The maximum Gasteiger partial charge on any atom is 0.127 e. The second kappa shape index (κ2) is 4.09. The monoisotopic (exact) mass is 195 g/mol. The summed E-state index contributed by atoms with van der Waals surface area (Å²) in [4.78, 5) is 2.13. The Balaban J connectivity index is 2.75. The normalized spacial score (nSPS) is 12.1. The third-order valence-electron chi connectivity index (χ3n) is 2.51. The minimum absolute atomic E-state index is 0.0717. The Hall–Kier alpha value is -0.890. The number of nitrogens with zero attached hydrogens (tertiary/aromatic N) is 1. The summed E-state index contributed by atoms with van der Waals surface area (Å²) < 4.78 is 13.3. The van der Waals surface area contributed by atoms with E-state index in [-0.39, 0.29) is 11.4 Å². The standard InChI is InChI=1S/C12H18FN/c1-12(2,3)14(4)9-10-7-5-6-8-11(10)13/h5-8H,9H2,1-4H3. The fourth-order valence-electron chi connectivity index (χ4n) is 1.12. The molecule has 78 valence electrons. The van der Waals surface area contributed by atoms with E-state index < -0.39 is 0 Å². The highest BCUT2D eigenvalue weighted by atomic mass is 19.1. The van der Waals surface area contributed by atoms with Crippen LogP contribution in [-0.4, -0.2) is 17.5 Å². The van der Waals surface area contributed by atoms with E-state index in [1.54, 1.807) is 6.07 Å². The molecule has 1 nitrogen and oxygen atoms in total. The third kappa shape index (κ3) is 2.81. The molecule has 0 unspecified atom stereocenters. The Bertz CT molecular complexity index is 301. The summed E-state index contributed by atoms with van der Waals surface area (Å²) in [6.07, 6.45) is 0. The van der Waals surface area contributed by atoms with Gasteiger partial charge in [0.25, 0.3) is 0 Å². The van der Waals surface area contributed by atoms with Gasteiger partial charge in [0, 0.05) is 17.6 Å². The summed E-state index contributed by atoms with van der Waals surface area (Å²) >= 11 is 0. The Morgan fingerprint density at radius 2 is 1.79 bits per heavy atom. The van der Waals surface area contributed by atoms with Crippen LogP contribution in [0.15, 0.2) is 24.3 Å². The fraction of sp³-hybridized carbons (Fsp3) is 0.500. The summed E-state index contributed by atoms with van der Waals surface area (Å²) in [6.45, 7) is 7.01. The fourth-order valence-corrected chi connectivity index (χ4v) is 1.12. The first-order valence-electron chi connectivity index (χ1n) is 4.86. The van der Waals surface area contributed by atoms with Gasteiger partial charge in [-0.3, -0.25) is 4.90 Å². The predicted molar refractivity (Wildman–Crippen MR) is 57.6 cm³/mol. The van der Waals surface area contributed by atoms with Gasteiger partial charge in [0.1, 0.15) is 5.82 Å². The molecule has 0 heterocycles. The zero-order chi connectivity index (χ0) is 10.8. The number of hydrogen-bond acceptors (Lipinski definition) is 1. The minimum Gasteiger partial charge on any atom is -0.297 e. The maximum atomic E-state index is 13.3. The molecule has 0 aromatic heterocycles. The number of rotatable bonds is 2. The third-order valence-corrected chi connectivity index (χ3v) is 2.51. The maximum absolute atomic E-state index is 13.3. The van der Waals surface area contributed by atoms with Crippen LogP contribution < -0.4 is 0 Å². The van der Waals surface area contributed by atoms with Crippen LogP contribution >= 0.6 is 0 Å². The first-order chi connectivity index (χ1) is 6.41. The lowest BCUT2D eigenvalue weighted by molar-refractivity contribution is 0.165. The van der Waals surface area contributed by atoms with Crippen molar-refractivity contribution in [2.75, 3.05) is 7.05 Å². The summed E-state index contributed by atoms with van der Waals surface area (Å²) in [5, 5.41) is 0. The van der Waals surface area contributed by atoms with Crippen LogP contribution in [0, 0.1) is 5.82 Å². The van der Waals surface area contributed by atoms with Crippen molar-refractivity contribution in [3.63, 3.8) is 0 Å². The van der Waals surface area contributed by atoms with E-state index in [4.69, 9.17) is 0 Å². The van der Waals surface area contributed by atoms with Gasteiger partial charge in [0.2, 0.25) is 0 Å². The lowest BCUT2D eigenvalue weighted by atomic mass is 10.1. The van der Waals surface area contributed by atoms with Gasteiger partial charge in [0.05, 0.1) is 0 Å². The van der Waals surface area contributed by atoms with Crippen LogP contribution in [0.3, 0.4) is 0 Å². The Morgan fingerprint density at radius 3 is 2.29 bits per heavy atom. The van der Waals surface area contributed by atoms with Crippen LogP contribution in [0.2, 0.25) is 0 Å². The van der Waals surface area contributed by atoms with Gasteiger partial charge in [-0.1, -0.05) is 18.2 Å². The average Bonchev–Trinajstić information content (AvgIpc) is 2.07. The Kier molecular flexibility index (Phi) is 3.27. The molecule has 0 saturated carbocycles. The molecule has 2 heteroatoms. The van der Waals surface area contributed by atoms with Crippen LogP contribution in [0.1, 0.15) is 26.3 Å². The van der Waals surface area contributed by atoms with Crippen LogP contribution in [0.4, 0.5) is 4.39 Å². The average molecular weight is 195 g/mol. The van der Waals surface area contributed by atoms with Crippen LogP contribution in [0.5, 0.6) is 0 Å². The van der Waals surface area contributed by atoms with Gasteiger partial charge < -0.3 is 0 Å². The molecule has 0 aliphatic carbocycles. The highest BCUT2D eigenvalue weighted by Gasteiger charge is 2.17. The summed E-state index contributed by atoms with van der Waals surface area (Å²) in [5.41, 5.74) is 0.826. The SMILES string of the molecule is CN(Cc1ccccc1F)C(C)(C)C. The summed E-state index contributed by atoms with van der Waals surface area (Å²) in [5.74, 6) is -0.122. The minimum atomic E-state index is -0.122. The molecule has 1 rings (SSSR count). The molecule has 0 amide bonds. The summed E-state index contributed by atoms with van der Waals surface area (Å²) in [7, 11) is 2.01. The molecule has 0 aliphatic heterocycles. The van der Waals surface area contributed by atoms with Gasteiger partial charge in [-0.25, -0.2) is 4.39 Å². The van der Waals surface area contributed by atoms with Crippen molar-refractivity contribution >= 4 is 0 Å². The molecule has 14 heavy (non-hydrogen) atoms. The molecule has 0 atom stereocenters. The molecule has 0 spiro atoms. The quantitative estimate of drug-likeness (QED) is 0.701. The molecule has 1 aromatic rings. The Labute approximate surface area is 85.5 Å². The van der Waals surface area contributed by atoms with E-state index in [1.165, 1.54) is 6.07 Å². The van der Waals surface area contributed by atoms with E-state index >= 15 is 0 Å². The van der Waals surface area contributed by atoms with Gasteiger partial charge in [0.15, 0.2) is 0 Å². The van der Waals surface area contributed by atoms with Crippen molar-refractivity contribution in [3.05, 3.63) is 35.6 Å². The van der Waals surface area contributed by atoms with Crippen LogP contribution in [0.25, 0.3) is 0 Å². The highest BCUT2D eigenvalue weighted by molar-refractivity contribution is 5.17. The van der Waals surface area contributed by atoms with E-state index in [1.807, 2.05) is 19.2 Å². The first-order valence-corrected chi connectivity index (χ1v) is 4.86. The zero-order valence-electron chi connectivity index (χ0n) is 9.34. The number of halogens is 1. The molecule has 0 saturated heterocycles. The lowest BCUT2D eigenvalue weighted by Crippen LogP contribution is -2.37. The molecule has 0 fully saturated rings. The van der Waals surface area contributed by atoms with Crippen molar-refractivity contribution in [1.82, 2.24) is 4.90 Å². The second-order valence-corrected chi connectivity index (χ2v) is 4.62. The van der Waals surface area contributed by atoms with Gasteiger partial charge in [-0.15, -0.1) is 0 Å². The molecule has 0 bridgehead atoms. The smallest absolute Gasteiger partial charge is 0.127 e. The van der Waals surface area contributed by atoms with E-state index in [9.17, 15) is 4.39 Å². The molecule has 0 radical (unpaired) electrons. The van der Waals surface area contributed by atoms with Crippen molar-refractivity contribution in [2.45, 2.75) is 32.9 Å². The predicted octanol–water partition coefficient (Wildman–Crippen LogP) is 3.06. The van der Waals surface area contributed by atoms with E-state index in [2.05, 4.69) is 25.7 Å². The van der Waals surface area contributed by atoms with Gasteiger partial charge >= 0.3 is 0 Å². The highest BCUT2D eigenvalue weighted by Crippen LogP contribution is 2.16. The van der Waals surface area contributed by atoms with Crippen molar-refractivity contribution < 1.29 is 4.39 Å². The van der Waals surface area contributed by atoms with Crippen molar-refractivity contribution in [1.29, 1.82) is 0 Å². The van der Waals surface area contributed by atoms with Crippen molar-refractivity contribution in [2.24, 2.45) is 0 Å². The molecular weight excluding hydrogens is 177 g/mol. The van der Waals surface area contributed by atoms with Gasteiger partial charge in [-0.05, 0) is 33.9 Å². The Morgan fingerprint density at radius 1 is 1.21 bits per heavy atom. The second-order valence-electron chi connectivity index (χ2n) is 4.62. The van der Waals surface area contributed by atoms with Crippen LogP contribution in [-0.2, 0) is 6.54 Å². The molecular formula is C12H18FN. The van der Waals surface area contributed by atoms with Gasteiger partial charge in [-0.2, -0.15) is 0 Å². The summed E-state index contributed by atoms with van der Waals surface area (Å²) in [6, 6.07) is 6.92. The first kappa shape index (κ1) is 11.2. The zero-order valence-corrected chi connectivity index (χ0v) is 9.34. The molecule has 1 aromatic carbocycles. The number of benzene rings is 1. The van der Waals surface area contributed by atoms with E-state index in [0.29, 0.717) is 6.54 Å². The van der Waals surface area contributed by atoms with Crippen molar-refractivity contribution in [3.8, 4) is 0 Å².